The molecule has 4 saturated carbocycles. The summed E-state index contributed by atoms with van der Waals surface area (Å²) in [7, 11) is 0. The molecule has 1 saturated heterocycles. The fraction of sp³-hybridized carbons (Fsp3) is 0.923. The number of rotatable bonds is 4. The standard InChI is InChI=1S/C26H40O6/c1-15(4-7-22(29)30)17-5-6-18-23-19(13-21(28)25(17,18)3)24(2)8-9-26(31-10-11-32-26)14-16(24)12-20(23)27/h15-20,23,27H,4-14H2,1-3H3,(H,29,30)/t15-,16+,17+,18+,19-,20+,23+,24-,25+/m0/s1. The quantitative estimate of drug-likeness (QED) is 0.674. The highest BCUT2D eigenvalue weighted by atomic mass is 16.7. The lowest BCUT2D eigenvalue weighted by Gasteiger charge is -2.62. The predicted octanol–water partition coefficient (Wildman–Crippen LogP) is 4.04. The maximum atomic E-state index is 13.8. The minimum Gasteiger partial charge on any atom is -0.481 e. The smallest absolute Gasteiger partial charge is 0.303 e. The summed E-state index contributed by atoms with van der Waals surface area (Å²) in [6, 6.07) is 0. The number of fused-ring (bicyclic) bond motifs is 5. The number of ether oxygens (including phenoxy) is 2. The van der Waals surface area contributed by atoms with Crippen LogP contribution in [0.4, 0.5) is 0 Å². The highest BCUT2D eigenvalue weighted by molar-refractivity contribution is 5.87. The lowest BCUT2D eigenvalue weighted by Crippen LogP contribution is -2.62. The first-order chi connectivity index (χ1) is 15.1. The molecule has 5 rings (SSSR count). The molecule has 32 heavy (non-hydrogen) atoms. The lowest BCUT2D eigenvalue weighted by molar-refractivity contribution is -0.240. The summed E-state index contributed by atoms with van der Waals surface area (Å²) in [6.45, 7) is 7.93. The van der Waals surface area contributed by atoms with E-state index in [1.165, 1.54) is 0 Å². The SMILES string of the molecule is C[C@@H](CCC(=O)O)[C@H]1CC[C@@H]2[C@H]3[C@H](O)C[C@@H]4CC5(CC[C@]4(C)[C@H]3CC(=O)[C@@]21C)OCCO5. The summed E-state index contributed by atoms with van der Waals surface area (Å²) in [4.78, 5) is 25.0. The third kappa shape index (κ3) is 3.23. The van der Waals surface area contributed by atoms with Gasteiger partial charge in [0.25, 0.3) is 0 Å². The molecule has 2 N–H and O–H groups in total. The van der Waals surface area contributed by atoms with E-state index < -0.39 is 17.2 Å². The van der Waals surface area contributed by atoms with E-state index in [9.17, 15) is 14.7 Å². The first kappa shape index (κ1) is 22.8. The molecule has 0 aromatic heterocycles. The number of aliphatic hydroxyl groups excluding tert-OH is 1. The van der Waals surface area contributed by atoms with Crippen LogP contribution in [0, 0.1) is 46.3 Å². The molecule has 5 fully saturated rings. The minimum absolute atomic E-state index is 0.0362. The zero-order chi connectivity index (χ0) is 22.9. The predicted molar refractivity (Wildman–Crippen MR) is 118 cm³/mol. The van der Waals surface area contributed by atoms with Crippen LogP contribution in [0.2, 0.25) is 0 Å². The number of carbonyl (C=O) groups excluding carboxylic acids is 1. The molecular formula is C26H40O6. The Balaban J connectivity index is 1.40. The van der Waals surface area contributed by atoms with Gasteiger partial charge in [-0.25, -0.2) is 0 Å². The highest BCUT2D eigenvalue weighted by Gasteiger charge is 2.67. The van der Waals surface area contributed by atoms with E-state index >= 15 is 0 Å². The number of hydrogen-bond donors (Lipinski definition) is 2. The second-order valence-electron chi connectivity index (χ2n) is 12.1. The molecule has 0 amide bonds. The normalized spacial score (nSPS) is 48.2. The molecule has 1 heterocycles. The molecule has 4 aliphatic carbocycles. The number of Topliss-reactive ketones (excluding diaryl/α,β-unsaturated/α-hetero) is 1. The second-order valence-corrected chi connectivity index (χ2v) is 12.1. The van der Waals surface area contributed by atoms with Crippen LogP contribution in [0.25, 0.3) is 0 Å². The van der Waals surface area contributed by atoms with Crippen LogP contribution in [0.5, 0.6) is 0 Å². The van der Waals surface area contributed by atoms with Crippen molar-refractivity contribution in [1.82, 2.24) is 0 Å². The van der Waals surface area contributed by atoms with Crippen molar-refractivity contribution in [2.75, 3.05) is 13.2 Å². The van der Waals surface area contributed by atoms with Crippen molar-refractivity contribution in [2.45, 2.75) is 90.4 Å². The van der Waals surface area contributed by atoms with Crippen LogP contribution in [0.3, 0.4) is 0 Å². The molecule has 0 unspecified atom stereocenters. The molecule has 0 radical (unpaired) electrons. The second kappa shape index (κ2) is 7.78. The Kier molecular flexibility index (Phi) is 5.54. The minimum atomic E-state index is -0.765. The van der Waals surface area contributed by atoms with Crippen molar-refractivity contribution < 1.29 is 29.3 Å². The van der Waals surface area contributed by atoms with Gasteiger partial charge < -0.3 is 19.7 Å². The Hall–Kier alpha value is -0.980. The summed E-state index contributed by atoms with van der Waals surface area (Å²) >= 11 is 0. The Morgan fingerprint density at radius 1 is 1.16 bits per heavy atom. The lowest BCUT2D eigenvalue weighted by atomic mass is 9.43. The zero-order valence-corrected chi connectivity index (χ0v) is 19.8. The van der Waals surface area contributed by atoms with Crippen molar-refractivity contribution in [3.63, 3.8) is 0 Å². The third-order valence-electron chi connectivity index (χ3n) is 10.9. The molecule has 0 bridgehead atoms. The number of aliphatic carboxylic acids is 1. The molecular weight excluding hydrogens is 408 g/mol. The van der Waals surface area contributed by atoms with E-state index in [4.69, 9.17) is 14.6 Å². The fourth-order valence-corrected chi connectivity index (χ4v) is 9.14. The molecule has 180 valence electrons. The molecule has 6 nitrogen and oxygen atoms in total. The maximum Gasteiger partial charge on any atom is 0.303 e. The number of aliphatic hydroxyl groups is 1. The summed E-state index contributed by atoms with van der Waals surface area (Å²) in [6.07, 6.45) is 6.35. The van der Waals surface area contributed by atoms with Crippen LogP contribution in [0.1, 0.15) is 78.6 Å². The Morgan fingerprint density at radius 3 is 2.56 bits per heavy atom. The van der Waals surface area contributed by atoms with E-state index in [-0.39, 0.29) is 47.5 Å². The third-order valence-corrected chi connectivity index (χ3v) is 10.9. The first-order valence-electron chi connectivity index (χ1n) is 12.8. The van der Waals surface area contributed by atoms with Crippen LogP contribution in [-0.2, 0) is 19.1 Å². The van der Waals surface area contributed by atoms with Gasteiger partial charge in [0.1, 0.15) is 5.78 Å². The van der Waals surface area contributed by atoms with E-state index in [0.29, 0.717) is 37.8 Å². The van der Waals surface area contributed by atoms with Gasteiger partial charge in [-0.15, -0.1) is 0 Å². The van der Waals surface area contributed by atoms with Crippen LogP contribution in [0.15, 0.2) is 0 Å². The topological polar surface area (TPSA) is 93.1 Å². The van der Waals surface area contributed by atoms with Crippen molar-refractivity contribution in [2.24, 2.45) is 46.3 Å². The van der Waals surface area contributed by atoms with Crippen LogP contribution < -0.4 is 0 Å². The summed E-state index contributed by atoms with van der Waals surface area (Å²) in [5.41, 5.74) is -0.398. The number of hydrogen-bond acceptors (Lipinski definition) is 5. The van der Waals surface area contributed by atoms with Crippen LogP contribution >= 0.6 is 0 Å². The molecule has 9 atom stereocenters. The van der Waals surface area contributed by atoms with Gasteiger partial charge in [-0.3, -0.25) is 9.59 Å². The molecule has 0 aromatic rings. The molecule has 1 aliphatic heterocycles. The monoisotopic (exact) mass is 448 g/mol. The maximum absolute atomic E-state index is 13.8. The van der Waals surface area contributed by atoms with Crippen LogP contribution in [-0.4, -0.2) is 47.1 Å². The van der Waals surface area contributed by atoms with Gasteiger partial charge in [-0.2, -0.15) is 0 Å². The van der Waals surface area contributed by atoms with Gasteiger partial charge in [0.15, 0.2) is 5.79 Å². The van der Waals surface area contributed by atoms with Crippen molar-refractivity contribution >= 4 is 11.8 Å². The van der Waals surface area contributed by atoms with Crippen molar-refractivity contribution in [3.05, 3.63) is 0 Å². The fourth-order valence-electron chi connectivity index (χ4n) is 9.14. The Morgan fingerprint density at radius 2 is 1.88 bits per heavy atom. The van der Waals surface area contributed by atoms with Gasteiger partial charge in [-0.1, -0.05) is 20.8 Å². The number of carboxylic acids is 1. The summed E-state index contributed by atoms with van der Waals surface area (Å²) < 4.78 is 12.0. The van der Waals surface area contributed by atoms with Gasteiger partial charge in [0.05, 0.1) is 19.3 Å². The molecule has 0 aromatic carbocycles. The number of ketones is 1. The van der Waals surface area contributed by atoms with Gasteiger partial charge in [-0.05, 0) is 73.0 Å². The number of carbonyl (C=O) groups is 2. The average molecular weight is 449 g/mol. The Labute approximate surface area is 191 Å². The molecule has 5 aliphatic rings. The number of carboxylic acid groups (broad SMARTS) is 1. The largest absolute Gasteiger partial charge is 0.481 e. The molecule has 1 spiro atoms. The van der Waals surface area contributed by atoms with E-state index in [0.717, 1.165) is 38.5 Å². The zero-order valence-electron chi connectivity index (χ0n) is 19.8. The van der Waals surface area contributed by atoms with Crippen molar-refractivity contribution in [3.8, 4) is 0 Å². The van der Waals surface area contributed by atoms with Crippen molar-refractivity contribution in [1.29, 1.82) is 0 Å². The first-order valence-corrected chi connectivity index (χ1v) is 12.8. The van der Waals surface area contributed by atoms with E-state index in [2.05, 4.69) is 20.8 Å². The van der Waals surface area contributed by atoms with Gasteiger partial charge in [0, 0.05) is 31.1 Å². The average Bonchev–Trinajstić information content (AvgIpc) is 3.34. The van der Waals surface area contributed by atoms with E-state index in [1.54, 1.807) is 0 Å². The van der Waals surface area contributed by atoms with Gasteiger partial charge >= 0.3 is 5.97 Å². The Bertz CT molecular complexity index is 774. The van der Waals surface area contributed by atoms with Gasteiger partial charge in [0.2, 0.25) is 0 Å². The summed E-state index contributed by atoms with van der Waals surface area (Å²) in [5.74, 6) is 0.438. The summed E-state index contributed by atoms with van der Waals surface area (Å²) in [5, 5.41) is 20.6. The van der Waals surface area contributed by atoms with E-state index in [1.807, 2.05) is 0 Å². The highest BCUT2D eigenvalue weighted by Crippen LogP contribution is 2.68. The molecule has 6 heteroatoms.